The van der Waals surface area contributed by atoms with Gasteiger partial charge in [-0.15, -0.1) is 0 Å². The Labute approximate surface area is 94.2 Å². The molecular weight excluding hydrogens is 219 g/mol. The van der Waals surface area contributed by atoms with Crippen LogP contribution in [0.25, 0.3) is 0 Å². The molecule has 1 rings (SSSR count). The van der Waals surface area contributed by atoms with E-state index in [1.807, 2.05) is 6.92 Å². The molecule has 96 valence electrons. The lowest BCUT2D eigenvalue weighted by Crippen LogP contribution is -2.50. The second-order valence-corrected chi connectivity index (χ2v) is 4.63. The van der Waals surface area contributed by atoms with Crippen LogP contribution in [0.3, 0.4) is 0 Å². The summed E-state index contributed by atoms with van der Waals surface area (Å²) in [5, 5.41) is 13.5. The van der Waals surface area contributed by atoms with Gasteiger partial charge in [-0.05, 0) is 38.1 Å². The molecule has 0 bridgehead atoms. The van der Waals surface area contributed by atoms with Crippen LogP contribution < -0.4 is 5.32 Å². The van der Waals surface area contributed by atoms with Gasteiger partial charge in [-0.3, -0.25) is 0 Å². The molecule has 5 heteroatoms. The fraction of sp³-hybridized carbons (Fsp3) is 1.00. The molecule has 0 saturated carbocycles. The Kier molecular flexibility index (Phi) is 4.62. The van der Waals surface area contributed by atoms with Gasteiger partial charge >= 0.3 is 6.18 Å². The molecule has 2 atom stereocenters. The van der Waals surface area contributed by atoms with E-state index in [0.717, 1.165) is 6.42 Å². The average Bonchev–Trinajstić information content (AvgIpc) is 2.16. The van der Waals surface area contributed by atoms with E-state index >= 15 is 0 Å². The van der Waals surface area contributed by atoms with Crippen LogP contribution in [-0.2, 0) is 0 Å². The van der Waals surface area contributed by atoms with Crippen molar-refractivity contribution in [3.05, 3.63) is 0 Å². The number of piperidine rings is 1. The predicted octanol–water partition coefficient (Wildman–Crippen LogP) is 2.47. The number of nitrogens with one attached hydrogen (secondary N) is 1. The first kappa shape index (κ1) is 13.8. The average molecular weight is 239 g/mol. The van der Waals surface area contributed by atoms with Gasteiger partial charge in [-0.2, -0.15) is 13.2 Å². The third kappa shape index (κ3) is 3.94. The summed E-state index contributed by atoms with van der Waals surface area (Å²) >= 11 is 0. The van der Waals surface area contributed by atoms with Crippen molar-refractivity contribution in [3.8, 4) is 0 Å². The molecule has 1 saturated heterocycles. The molecule has 0 amide bonds. The Hall–Kier alpha value is -0.290. The molecule has 2 N–H and O–H groups in total. The van der Waals surface area contributed by atoms with Crippen molar-refractivity contribution in [2.45, 2.75) is 50.8 Å². The largest absolute Gasteiger partial charge is 0.390 e. The van der Waals surface area contributed by atoms with Gasteiger partial charge in [0.25, 0.3) is 0 Å². The first-order valence-electron chi connectivity index (χ1n) is 5.87. The molecule has 16 heavy (non-hydrogen) atoms. The van der Waals surface area contributed by atoms with Gasteiger partial charge in [0.2, 0.25) is 0 Å². The maximum absolute atomic E-state index is 12.0. The quantitative estimate of drug-likeness (QED) is 0.790. The fourth-order valence-corrected chi connectivity index (χ4v) is 2.42. The molecule has 0 aromatic heterocycles. The molecule has 0 aromatic carbocycles. The fourth-order valence-electron chi connectivity index (χ4n) is 2.42. The second-order valence-electron chi connectivity index (χ2n) is 4.63. The van der Waals surface area contributed by atoms with E-state index in [0.29, 0.717) is 19.5 Å². The van der Waals surface area contributed by atoms with E-state index in [1.54, 1.807) is 0 Å². The zero-order valence-electron chi connectivity index (χ0n) is 9.61. The topological polar surface area (TPSA) is 32.3 Å². The summed E-state index contributed by atoms with van der Waals surface area (Å²) in [7, 11) is 0. The van der Waals surface area contributed by atoms with Gasteiger partial charge < -0.3 is 10.4 Å². The molecule has 1 aliphatic heterocycles. The van der Waals surface area contributed by atoms with Gasteiger partial charge in [0.15, 0.2) is 0 Å². The monoisotopic (exact) mass is 239 g/mol. The maximum Gasteiger partial charge on any atom is 0.389 e. The highest BCUT2D eigenvalue weighted by atomic mass is 19.4. The molecule has 0 spiro atoms. The molecular formula is C11H20F3NO. The van der Waals surface area contributed by atoms with E-state index in [4.69, 9.17) is 0 Å². The van der Waals surface area contributed by atoms with Crippen molar-refractivity contribution in [1.29, 1.82) is 0 Å². The number of alkyl halides is 3. The normalized spacial score (nSPS) is 31.7. The lowest BCUT2D eigenvalue weighted by molar-refractivity contribution is -0.140. The van der Waals surface area contributed by atoms with Crippen LogP contribution in [0, 0.1) is 5.92 Å². The van der Waals surface area contributed by atoms with Gasteiger partial charge in [-0.1, -0.05) is 6.92 Å². The number of halogens is 3. The summed E-state index contributed by atoms with van der Waals surface area (Å²) in [5.41, 5.74) is -0.898. The van der Waals surface area contributed by atoms with Crippen molar-refractivity contribution in [1.82, 2.24) is 5.32 Å². The molecule has 1 aliphatic rings. The number of hydrogen-bond acceptors (Lipinski definition) is 2. The Morgan fingerprint density at radius 2 is 2.12 bits per heavy atom. The van der Waals surface area contributed by atoms with E-state index in [2.05, 4.69) is 5.32 Å². The van der Waals surface area contributed by atoms with Crippen LogP contribution in [-0.4, -0.2) is 30.0 Å². The van der Waals surface area contributed by atoms with Crippen molar-refractivity contribution >= 4 is 0 Å². The van der Waals surface area contributed by atoms with E-state index in [1.165, 1.54) is 0 Å². The highest BCUT2D eigenvalue weighted by Crippen LogP contribution is 2.33. The van der Waals surface area contributed by atoms with E-state index < -0.39 is 18.2 Å². The van der Waals surface area contributed by atoms with Crippen molar-refractivity contribution in [2.75, 3.05) is 13.1 Å². The highest BCUT2D eigenvalue weighted by Gasteiger charge is 2.38. The molecule has 0 radical (unpaired) electrons. The van der Waals surface area contributed by atoms with Crippen molar-refractivity contribution in [3.63, 3.8) is 0 Å². The van der Waals surface area contributed by atoms with Gasteiger partial charge in [-0.25, -0.2) is 0 Å². The summed E-state index contributed by atoms with van der Waals surface area (Å²) in [6.07, 6.45) is -3.26. The number of aliphatic hydroxyl groups is 1. The summed E-state index contributed by atoms with van der Waals surface area (Å²) in [4.78, 5) is 0. The lowest BCUT2D eigenvalue weighted by Gasteiger charge is -2.40. The van der Waals surface area contributed by atoms with Crippen LogP contribution in [0.4, 0.5) is 13.2 Å². The Bertz CT molecular complexity index is 220. The predicted molar refractivity (Wildman–Crippen MR) is 56.1 cm³/mol. The summed E-state index contributed by atoms with van der Waals surface area (Å²) < 4.78 is 36.1. The standard InChI is InChI=1S/C11H20F3NO/c1-2-9-8-15-7-6-10(9,16)4-3-5-11(12,13)14/h9,15-16H,2-8H2,1H3. The van der Waals surface area contributed by atoms with Crippen LogP contribution in [0.5, 0.6) is 0 Å². The smallest absolute Gasteiger partial charge is 0.389 e. The summed E-state index contributed by atoms with van der Waals surface area (Å²) in [5.74, 6) is 0.0782. The maximum atomic E-state index is 12.0. The second kappa shape index (κ2) is 5.36. The number of rotatable bonds is 4. The molecule has 0 aliphatic carbocycles. The van der Waals surface area contributed by atoms with Crippen LogP contribution in [0.15, 0.2) is 0 Å². The van der Waals surface area contributed by atoms with Crippen molar-refractivity contribution < 1.29 is 18.3 Å². The molecule has 0 aromatic rings. The third-order valence-corrected chi connectivity index (χ3v) is 3.45. The minimum atomic E-state index is -4.11. The van der Waals surface area contributed by atoms with Crippen LogP contribution in [0.2, 0.25) is 0 Å². The van der Waals surface area contributed by atoms with E-state index in [-0.39, 0.29) is 18.8 Å². The zero-order chi connectivity index (χ0) is 12.2. The molecule has 2 unspecified atom stereocenters. The third-order valence-electron chi connectivity index (χ3n) is 3.45. The minimum Gasteiger partial charge on any atom is -0.390 e. The molecule has 1 fully saturated rings. The minimum absolute atomic E-state index is 0.0243. The first-order valence-corrected chi connectivity index (χ1v) is 5.87. The Balaban J connectivity index is 2.42. The Morgan fingerprint density at radius 1 is 1.44 bits per heavy atom. The van der Waals surface area contributed by atoms with E-state index in [9.17, 15) is 18.3 Å². The lowest BCUT2D eigenvalue weighted by atomic mass is 9.77. The van der Waals surface area contributed by atoms with Gasteiger partial charge in [0.1, 0.15) is 0 Å². The number of hydrogen-bond donors (Lipinski definition) is 2. The van der Waals surface area contributed by atoms with Gasteiger partial charge in [0, 0.05) is 13.0 Å². The van der Waals surface area contributed by atoms with Gasteiger partial charge in [0.05, 0.1) is 5.60 Å². The molecule has 2 nitrogen and oxygen atoms in total. The summed E-state index contributed by atoms with van der Waals surface area (Å²) in [6.45, 7) is 3.37. The zero-order valence-corrected chi connectivity index (χ0v) is 9.61. The van der Waals surface area contributed by atoms with Crippen LogP contribution in [0.1, 0.15) is 39.0 Å². The highest BCUT2D eigenvalue weighted by molar-refractivity contribution is 4.91. The van der Waals surface area contributed by atoms with Crippen molar-refractivity contribution in [2.24, 2.45) is 5.92 Å². The molecule has 1 heterocycles. The Morgan fingerprint density at radius 3 is 2.69 bits per heavy atom. The summed E-state index contributed by atoms with van der Waals surface area (Å²) in [6, 6.07) is 0. The first-order chi connectivity index (χ1) is 7.37. The SMILES string of the molecule is CCC1CNCCC1(O)CCCC(F)(F)F. The van der Waals surface area contributed by atoms with Crippen LogP contribution >= 0.6 is 0 Å².